The Morgan fingerprint density at radius 1 is 0.756 bits per heavy atom. The molecule has 0 aliphatic carbocycles. The fourth-order valence-electron chi connectivity index (χ4n) is 4.79. The fourth-order valence-corrected chi connectivity index (χ4v) is 4.79. The number of esters is 1. The van der Waals surface area contributed by atoms with Gasteiger partial charge in [-0.25, -0.2) is 9.59 Å². The maximum absolute atomic E-state index is 13.6. The Hall–Kier alpha value is -4.93. The summed E-state index contributed by atoms with van der Waals surface area (Å²) in [5.41, 5.74) is 1.68. The van der Waals surface area contributed by atoms with E-state index >= 15 is 0 Å². The first kappa shape index (κ1) is 34.6. The van der Waals surface area contributed by atoms with Crippen molar-refractivity contribution in [3.63, 3.8) is 0 Å². The molecule has 0 radical (unpaired) electrons. The van der Waals surface area contributed by atoms with E-state index in [1.54, 1.807) is 45.0 Å². The Bertz CT molecular complexity index is 1450. The number of hydrogen-bond donors (Lipinski definition) is 4. The molecule has 0 bridgehead atoms. The lowest BCUT2D eigenvalue weighted by Gasteiger charge is -2.25. The van der Waals surface area contributed by atoms with Gasteiger partial charge in [0.1, 0.15) is 24.7 Å². The van der Waals surface area contributed by atoms with Gasteiger partial charge < -0.3 is 30.5 Å². The SMILES string of the molecule is CCOC(=O)CCC(NC(=O)OCc1ccccc1)C(=O)NC(CCc1cccc2ccccc12)C(=O)NC(C(=O)O)C(C)C. The van der Waals surface area contributed by atoms with E-state index in [-0.39, 0.29) is 32.5 Å². The van der Waals surface area contributed by atoms with Gasteiger partial charge in [-0.15, -0.1) is 0 Å². The van der Waals surface area contributed by atoms with Crippen LogP contribution in [0.3, 0.4) is 0 Å². The lowest BCUT2D eigenvalue weighted by atomic mass is 9.97. The van der Waals surface area contributed by atoms with Gasteiger partial charge in [0.2, 0.25) is 11.8 Å². The Morgan fingerprint density at radius 2 is 1.40 bits per heavy atom. The molecule has 3 unspecified atom stereocenters. The molecular formula is C34H41N3O8. The Labute approximate surface area is 262 Å². The summed E-state index contributed by atoms with van der Waals surface area (Å²) in [5, 5.41) is 19.4. The molecule has 3 amide bonds. The molecule has 4 N–H and O–H groups in total. The largest absolute Gasteiger partial charge is 0.480 e. The molecule has 240 valence electrons. The van der Waals surface area contributed by atoms with Crippen LogP contribution in [0.1, 0.15) is 51.2 Å². The van der Waals surface area contributed by atoms with E-state index in [1.807, 2.05) is 48.5 Å². The highest BCUT2D eigenvalue weighted by Crippen LogP contribution is 2.20. The highest BCUT2D eigenvalue weighted by Gasteiger charge is 2.31. The summed E-state index contributed by atoms with van der Waals surface area (Å²) in [6.45, 7) is 5.10. The van der Waals surface area contributed by atoms with Gasteiger partial charge in [0, 0.05) is 6.42 Å². The second-order valence-electron chi connectivity index (χ2n) is 10.9. The van der Waals surface area contributed by atoms with Gasteiger partial charge in [0.25, 0.3) is 0 Å². The second-order valence-corrected chi connectivity index (χ2v) is 10.9. The van der Waals surface area contributed by atoms with Crippen molar-refractivity contribution in [1.82, 2.24) is 16.0 Å². The first-order chi connectivity index (χ1) is 21.6. The summed E-state index contributed by atoms with van der Waals surface area (Å²) in [7, 11) is 0. The van der Waals surface area contributed by atoms with Crippen LogP contribution in [0.15, 0.2) is 72.8 Å². The van der Waals surface area contributed by atoms with Gasteiger partial charge >= 0.3 is 18.0 Å². The van der Waals surface area contributed by atoms with E-state index in [0.717, 1.165) is 21.9 Å². The zero-order chi connectivity index (χ0) is 32.8. The summed E-state index contributed by atoms with van der Waals surface area (Å²) in [5.74, 6) is -3.58. The highest BCUT2D eigenvalue weighted by molar-refractivity contribution is 5.93. The predicted octanol–water partition coefficient (Wildman–Crippen LogP) is 4.12. The number of rotatable bonds is 16. The number of carbonyl (C=O) groups is 5. The van der Waals surface area contributed by atoms with E-state index in [1.165, 1.54) is 0 Å². The normalized spacial score (nSPS) is 12.9. The number of carboxylic acids is 1. The molecule has 0 aromatic heterocycles. The third kappa shape index (κ3) is 10.9. The lowest BCUT2D eigenvalue weighted by molar-refractivity contribution is -0.143. The second kappa shape index (κ2) is 17.4. The summed E-state index contributed by atoms with van der Waals surface area (Å²) in [6, 6.07) is 19.0. The van der Waals surface area contributed by atoms with Crippen LogP contribution in [-0.4, -0.2) is 59.7 Å². The topological polar surface area (TPSA) is 160 Å². The molecule has 3 aromatic rings. The number of nitrogens with one attached hydrogen (secondary N) is 3. The predicted molar refractivity (Wildman–Crippen MR) is 168 cm³/mol. The van der Waals surface area contributed by atoms with Crippen LogP contribution in [0.5, 0.6) is 0 Å². The molecule has 0 heterocycles. The van der Waals surface area contributed by atoms with Gasteiger partial charge in [0.05, 0.1) is 6.61 Å². The molecular weight excluding hydrogens is 578 g/mol. The molecule has 0 aliphatic heterocycles. The summed E-state index contributed by atoms with van der Waals surface area (Å²) >= 11 is 0. The number of aliphatic carboxylic acids is 1. The number of carboxylic acid groups (broad SMARTS) is 1. The Kier molecular flexibility index (Phi) is 13.4. The molecule has 3 atom stereocenters. The minimum atomic E-state index is -1.24. The molecule has 3 aromatic carbocycles. The smallest absolute Gasteiger partial charge is 0.408 e. The Balaban J connectivity index is 1.80. The minimum absolute atomic E-state index is 0.0409. The average molecular weight is 620 g/mol. The first-order valence-electron chi connectivity index (χ1n) is 15.0. The molecule has 11 heteroatoms. The summed E-state index contributed by atoms with van der Waals surface area (Å²) < 4.78 is 10.3. The van der Waals surface area contributed by atoms with Gasteiger partial charge in [-0.3, -0.25) is 14.4 Å². The monoisotopic (exact) mass is 619 g/mol. The number of amides is 3. The number of ether oxygens (including phenoxy) is 2. The highest BCUT2D eigenvalue weighted by atomic mass is 16.5. The van der Waals surface area contributed by atoms with E-state index in [2.05, 4.69) is 16.0 Å². The maximum atomic E-state index is 13.6. The van der Waals surface area contributed by atoms with Crippen molar-refractivity contribution in [1.29, 1.82) is 0 Å². The molecule has 11 nitrogen and oxygen atoms in total. The van der Waals surface area contributed by atoms with Crippen LogP contribution in [-0.2, 0) is 41.7 Å². The standard InChI is InChI=1S/C34H41N3O8/c1-4-44-29(38)20-19-28(36-34(43)45-21-23-11-6-5-7-12-23)31(39)35-27(32(40)37-30(22(2)3)33(41)42)18-17-25-15-10-14-24-13-8-9-16-26(24)25/h5-16,22,27-28,30H,4,17-21H2,1-3H3,(H,35,39)(H,36,43)(H,37,40)(H,41,42). The molecule has 0 fully saturated rings. The third-order valence-corrected chi connectivity index (χ3v) is 7.21. The van der Waals surface area contributed by atoms with Gasteiger partial charge in [-0.2, -0.15) is 0 Å². The zero-order valence-electron chi connectivity index (χ0n) is 25.8. The van der Waals surface area contributed by atoms with Crippen LogP contribution >= 0.6 is 0 Å². The van der Waals surface area contributed by atoms with E-state index < -0.39 is 53.9 Å². The quantitative estimate of drug-likeness (QED) is 0.174. The van der Waals surface area contributed by atoms with Crippen LogP contribution < -0.4 is 16.0 Å². The maximum Gasteiger partial charge on any atom is 0.408 e. The number of aryl methyl sites for hydroxylation is 1. The van der Waals surface area contributed by atoms with Crippen molar-refractivity contribution in [3.8, 4) is 0 Å². The van der Waals surface area contributed by atoms with Crippen molar-refractivity contribution < 1.29 is 38.6 Å². The zero-order valence-corrected chi connectivity index (χ0v) is 25.8. The number of carbonyl (C=O) groups excluding carboxylic acids is 4. The van der Waals surface area contributed by atoms with Crippen LogP contribution in [0.25, 0.3) is 10.8 Å². The van der Waals surface area contributed by atoms with E-state index in [9.17, 15) is 29.1 Å². The first-order valence-corrected chi connectivity index (χ1v) is 15.0. The van der Waals surface area contributed by atoms with Crippen molar-refractivity contribution >= 4 is 40.6 Å². The molecule has 0 aliphatic rings. The third-order valence-electron chi connectivity index (χ3n) is 7.21. The van der Waals surface area contributed by atoms with Crippen molar-refractivity contribution in [2.24, 2.45) is 5.92 Å². The number of hydrogen-bond acceptors (Lipinski definition) is 7. The summed E-state index contributed by atoms with van der Waals surface area (Å²) in [6.07, 6.45) is -0.651. The molecule has 45 heavy (non-hydrogen) atoms. The van der Waals surface area contributed by atoms with E-state index in [0.29, 0.717) is 6.42 Å². The van der Waals surface area contributed by atoms with Crippen molar-refractivity contribution in [3.05, 3.63) is 83.9 Å². The average Bonchev–Trinajstić information content (AvgIpc) is 3.02. The van der Waals surface area contributed by atoms with Crippen LogP contribution in [0.2, 0.25) is 0 Å². The summed E-state index contributed by atoms with van der Waals surface area (Å²) in [4.78, 5) is 63.7. The van der Waals surface area contributed by atoms with Gasteiger partial charge in [0.15, 0.2) is 0 Å². The number of benzene rings is 3. The van der Waals surface area contributed by atoms with Gasteiger partial charge in [-0.1, -0.05) is 86.6 Å². The molecule has 0 spiro atoms. The lowest BCUT2D eigenvalue weighted by Crippen LogP contribution is -2.56. The van der Waals surface area contributed by atoms with Gasteiger partial charge in [-0.05, 0) is 54.0 Å². The Morgan fingerprint density at radius 3 is 2.09 bits per heavy atom. The van der Waals surface area contributed by atoms with Crippen molar-refractivity contribution in [2.75, 3.05) is 6.61 Å². The van der Waals surface area contributed by atoms with E-state index in [4.69, 9.17) is 9.47 Å². The van der Waals surface area contributed by atoms with Crippen molar-refractivity contribution in [2.45, 2.75) is 71.2 Å². The number of fused-ring (bicyclic) bond motifs is 1. The van der Waals surface area contributed by atoms with Crippen LogP contribution in [0.4, 0.5) is 4.79 Å². The fraction of sp³-hybridized carbons (Fsp3) is 0.382. The minimum Gasteiger partial charge on any atom is -0.480 e. The molecule has 0 saturated carbocycles. The number of alkyl carbamates (subject to hydrolysis) is 1. The molecule has 0 saturated heterocycles. The molecule has 3 rings (SSSR count). The van der Waals surface area contributed by atoms with Crippen LogP contribution in [0, 0.1) is 5.92 Å².